The predicted molar refractivity (Wildman–Crippen MR) is 88.7 cm³/mol. The molecule has 0 atom stereocenters. The maximum atomic E-state index is 11.7. The van der Waals surface area contributed by atoms with Crippen LogP contribution in [0, 0.1) is 6.92 Å². The van der Waals surface area contributed by atoms with E-state index in [1.54, 1.807) is 13.0 Å². The summed E-state index contributed by atoms with van der Waals surface area (Å²) >= 11 is 6.64. The molecule has 0 unspecified atom stereocenters. The van der Waals surface area contributed by atoms with Gasteiger partial charge in [-0.2, -0.15) is 0 Å². The van der Waals surface area contributed by atoms with Crippen LogP contribution >= 0.6 is 31.9 Å². The molecule has 0 aliphatic carbocycles. The number of ether oxygens (including phenoxy) is 1. The predicted octanol–water partition coefficient (Wildman–Crippen LogP) is 3.75. The van der Waals surface area contributed by atoms with Crippen LogP contribution in [-0.4, -0.2) is 8.42 Å². The molecular weight excluding hydrogens is 422 g/mol. The number of halogens is 2. The van der Waals surface area contributed by atoms with Crippen molar-refractivity contribution in [3.8, 4) is 5.75 Å². The van der Waals surface area contributed by atoms with Crippen molar-refractivity contribution >= 4 is 41.9 Å². The highest BCUT2D eigenvalue weighted by Gasteiger charge is 2.18. The van der Waals surface area contributed by atoms with Gasteiger partial charge in [-0.05, 0) is 42.3 Å². The van der Waals surface area contributed by atoms with E-state index in [9.17, 15) is 8.42 Å². The van der Waals surface area contributed by atoms with Gasteiger partial charge in [0.15, 0.2) is 0 Å². The highest BCUT2D eigenvalue weighted by molar-refractivity contribution is 9.10. The van der Waals surface area contributed by atoms with E-state index in [1.807, 2.05) is 24.3 Å². The highest BCUT2D eigenvalue weighted by atomic mass is 79.9. The average Bonchev–Trinajstić information content (AvgIpc) is 2.36. The Kier molecular flexibility index (Phi) is 5.08. The van der Waals surface area contributed by atoms with Crippen molar-refractivity contribution in [2.75, 3.05) is 0 Å². The maximum Gasteiger partial charge on any atom is 0.241 e. The number of hydrogen-bond acceptors (Lipinski definition) is 3. The number of nitrogens with two attached hydrogens (primary N) is 1. The molecule has 2 aromatic rings. The molecule has 0 fully saturated rings. The smallest absolute Gasteiger partial charge is 0.241 e. The molecule has 0 bridgehead atoms. The summed E-state index contributed by atoms with van der Waals surface area (Å²) in [6.07, 6.45) is 0. The Labute approximate surface area is 140 Å². The molecule has 0 amide bonds. The van der Waals surface area contributed by atoms with Crippen LogP contribution in [0.3, 0.4) is 0 Å². The zero-order valence-electron chi connectivity index (χ0n) is 11.1. The fourth-order valence-electron chi connectivity index (χ4n) is 1.88. The zero-order valence-corrected chi connectivity index (χ0v) is 15.1. The summed E-state index contributed by atoms with van der Waals surface area (Å²) in [6, 6.07) is 10.8. The van der Waals surface area contributed by atoms with Gasteiger partial charge in [0.1, 0.15) is 17.3 Å². The monoisotopic (exact) mass is 433 g/mol. The van der Waals surface area contributed by atoms with E-state index in [0.29, 0.717) is 10.0 Å². The molecule has 0 heterocycles. The van der Waals surface area contributed by atoms with Crippen LogP contribution in [0.5, 0.6) is 5.75 Å². The molecule has 21 heavy (non-hydrogen) atoms. The number of aryl methyl sites for hydroxylation is 1. The minimum atomic E-state index is -3.86. The van der Waals surface area contributed by atoms with Crippen LogP contribution in [0.1, 0.15) is 11.1 Å². The lowest BCUT2D eigenvalue weighted by Crippen LogP contribution is -2.14. The highest BCUT2D eigenvalue weighted by Crippen LogP contribution is 2.31. The van der Waals surface area contributed by atoms with Gasteiger partial charge in [0, 0.05) is 8.95 Å². The van der Waals surface area contributed by atoms with Crippen molar-refractivity contribution in [2.24, 2.45) is 5.14 Å². The quantitative estimate of drug-likeness (QED) is 0.796. The van der Waals surface area contributed by atoms with E-state index >= 15 is 0 Å². The third kappa shape index (κ3) is 4.29. The minimum absolute atomic E-state index is 0.0237. The molecule has 2 rings (SSSR count). The summed E-state index contributed by atoms with van der Waals surface area (Å²) in [5.41, 5.74) is 1.62. The van der Waals surface area contributed by atoms with E-state index in [-0.39, 0.29) is 17.3 Å². The molecule has 0 aromatic heterocycles. The lowest BCUT2D eigenvalue weighted by atomic mass is 10.2. The minimum Gasteiger partial charge on any atom is -0.487 e. The summed E-state index contributed by atoms with van der Waals surface area (Å²) < 4.78 is 30.6. The normalized spacial score (nSPS) is 11.4. The third-order valence-electron chi connectivity index (χ3n) is 2.78. The van der Waals surface area contributed by atoms with Gasteiger partial charge in [-0.1, -0.05) is 44.0 Å². The Hall–Kier alpha value is -0.890. The van der Waals surface area contributed by atoms with E-state index in [2.05, 4.69) is 31.9 Å². The fourth-order valence-corrected chi connectivity index (χ4v) is 3.82. The van der Waals surface area contributed by atoms with Gasteiger partial charge in [-0.15, -0.1) is 0 Å². The first kappa shape index (κ1) is 16.5. The van der Waals surface area contributed by atoms with E-state index in [4.69, 9.17) is 9.88 Å². The molecule has 0 aliphatic heterocycles. The standard InChI is InChI=1S/C14H13Br2NO3S/c1-9-5-12(16)7-13(21(17,18)19)14(9)20-8-10-3-2-4-11(15)6-10/h2-7H,8H2,1H3,(H2,17,18,19). The van der Waals surface area contributed by atoms with Gasteiger partial charge in [0.05, 0.1) is 0 Å². The lowest BCUT2D eigenvalue weighted by Gasteiger charge is -2.14. The largest absolute Gasteiger partial charge is 0.487 e. The summed E-state index contributed by atoms with van der Waals surface area (Å²) in [5, 5.41) is 5.25. The molecule has 0 saturated heterocycles. The summed E-state index contributed by atoms with van der Waals surface area (Å²) in [4.78, 5) is -0.0237. The van der Waals surface area contributed by atoms with Gasteiger partial charge in [-0.3, -0.25) is 0 Å². The number of rotatable bonds is 4. The van der Waals surface area contributed by atoms with E-state index in [1.165, 1.54) is 6.07 Å². The van der Waals surface area contributed by atoms with E-state index in [0.717, 1.165) is 10.0 Å². The Morgan fingerprint density at radius 2 is 1.86 bits per heavy atom. The Balaban J connectivity index is 2.36. The van der Waals surface area contributed by atoms with Crippen molar-refractivity contribution in [1.82, 2.24) is 0 Å². The van der Waals surface area contributed by atoms with E-state index < -0.39 is 10.0 Å². The first-order chi connectivity index (χ1) is 9.77. The van der Waals surface area contributed by atoms with Gasteiger partial charge in [0.25, 0.3) is 0 Å². The van der Waals surface area contributed by atoms with Crippen molar-refractivity contribution in [3.05, 3.63) is 56.5 Å². The first-order valence-electron chi connectivity index (χ1n) is 5.97. The second-order valence-electron chi connectivity index (χ2n) is 4.51. The molecule has 2 aromatic carbocycles. The van der Waals surface area contributed by atoms with Crippen LogP contribution < -0.4 is 9.88 Å². The molecule has 0 radical (unpaired) electrons. The molecule has 112 valence electrons. The Morgan fingerprint density at radius 3 is 2.48 bits per heavy atom. The average molecular weight is 435 g/mol. The van der Waals surface area contributed by atoms with Crippen molar-refractivity contribution < 1.29 is 13.2 Å². The molecule has 2 N–H and O–H groups in total. The van der Waals surface area contributed by atoms with Gasteiger partial charge in [-0.25, -0.2) is 13.6 Å². The van der Waals surface area contributed by atoms with Crippen LogP contribution in [0.2, 0.25) is 0 Å². The maximum absolute atomic E-state index is 11.7. The van der Waals surface area contributed by atoms with Crippen LogP contribution in [0.25, 0.3) is 0 Å². The second-order valence-corrected chi connectivity index (χ2v) is 7.87. The summed E-state index contributed by atoms with van der Waals surface area (Å²) in [7, 11) is -3.86. The van der Waals surface area contributed by atoms with Gasteiger partial charge >= 0.3 is 0 Å². The summed E-state index contributed by atoms with van der Waals surface area (Å²) in [6.45, 7) is 2.03. The van der Waals surface area contributed by atoms with Crippen molar-refractivity contribution in [3.63, 3.8) is 0 Å². The third-order valence-corrected chi connectivity index (χ3v) is 4.65. The lowest BCUT2D eigenvalue weighted by molar-refractivity contribution is 0.295. The van der Waals surface area contributed by atoms with Crippen molar-refractivity contribution in [1.29, 1.82) is 0 Å². The Bertz CT molecular complexity index is 776. The fraction of sp³-hybridized carbons (Fsp3) is 0.143. The number of hydrogen-bond donors (Lipinski definition) is 1. The Morgan fingerprint density at radius 1 is 1.14 bits per heavy atom. The van der Waals surface area contributed by atoms with Gasteiger partial charge < -0.3 is 4.74 Å². The topological polar surface area (TPSA) is 69.4 Å². The molecule has 4 nitrogen and oxygen atoms in total. The van der Waals surface area contributed by atoms with Crippen LogP contribution in [0.4, 0.5) is 0 Å². The number of primary sulfonamides is 1. The summed E-state index contributed by atoms with van der Waals surface area (Å²) in [5.74, 6) is 0.278. The molecule has 7 heteroatoms. The molecule has 0 saturated carbocycles. The number of sulfonamides is 1. The SMILES string of the molecule is Cc1cc(Br)cc(S(N)(=O)=O)c1OCc1cccc(Br)c1. The second kappa shape index (κ2) is 6.48. The molecule has 0 aliphatic rings. The molecular formula is C14H13Br2NO3S. The zero-order chi connectivity index (χ0) is 15.6. The van der Waals surface area contributed by atoms with Crippen LogP contribution in [-0.2, 0) is 16.6 Å². The number of benzene rings is 2. The van der Waals surface area contributed by atoms with Gasteiger partial charge in [0.2, 0.25) is 10.0 Å². The van der Waals surface area contributed by atoms with Crippen LogP contribution in [0.15, 0.2) is 50.2 Å². The first-order valence-corrected chi connectivity index (χ1v) is 9.11. The van der Waals surface area contributed by atoms with Crippen molar-refractivity contribution in [2.45, 2.75) is 18.4 Å². The molecule has 0 spiro atoms.